The van der Waals surface area contributed by atoms with E-state index >= 15 is 0 Å². The molecule has 0 spiro atoms. The van der Waals surface area contributed by atoms with E-state index in [1.807, 2.05) is 50.2 Å². The summed E-state index contributed by atoms with van der Waals surface area (Å²) in [5.41, 5.74) is 1.93. The van der Waals surface area contributed by atoms with Crippen molar-refractivity contribution < 1.29 is 18.0 Å². The third-order valence-corrected chi connectivity index (χ3v) is 8.03. The lowest BCUT2D eigenvalue weighted by Gasteiger charge is -2.34. The number of nitrogens with zero attached hydrogens (tertiary/aromatic N) is 2. The van der Waals surface area contributed by atoms with Gasteiger partial charge in [0.15, 0.2) is 0 Å². The maximum atomic E-state index is 14.0. The van der Waals surface area contributed by atoms with Crippen LogP contribution in [-0.4, -0.2) is 50.5 Å². The van der Waals surface area contributed by atoms with E-state index in [2.05, 4.69) is 21.2 Å². The summed E-state index contributed by atoms with van der Waals surface area (Å²) in [6.07, 6.45) is 1.31. The van der Waals surface area contributed by atoms with Crippen LogP contribution in [0.15, 0.2) is 83.3 Å². The van der Waals surface area contributed by atoms with Crippen molar-refractivity contribution in [2.24, 2.45) is 5.92 Å². The lowest BCUT2D eigenvalue weighted by Crippen LogP contribution is -2.53. The van der Waals surface area contributed by atoms with E-state index in [1.165, 1.54) is 4.90 Å². The van der Waals surface area contributed by atoms with Crippen LogP contribution in [0.25, 0.3) is 0 Å². The first-order valence-corrected chi connectivity index (χ1v) is 15.6. The fourth-order valence-electron chi connectivity index (χ4n) is 4.06. The summed E-state index contributed by atoms with van der Waals surface area (Å²) in [5.74, 6) is -0.619. The van der Waals surface area contributed by atoms with Crippen molar-refractivity contribution in [2.45, 2.75) is 32.9 Å². The third-order valence-electron chi connectivity index (χ3n) is 6.00. The normalized spacial score (nSPS) is 12.2. The van der Waals surface area contributed by atoms with Gasteiger partial charge in [-0.1, -0.05) is 80.0 Å². The van der Waals surface area contributed by atoms with Crippen LogP contribution < -0.4 is 9.62 Å². The molecule has 0 aliphatic heterocycles. The van der Waals surface area contributed by atoms with Gasteiger partial charge in [-0.05, 0) is 57.2 Å². The van der Waals surface area contributed by atoms with Gasteiger partial charge in [0.1, 0.15) is 12.6 Å². The summed E-state index contributed by atoms with van der Waals surface area (Å²) >= 11 is 9.63. The van der Waals surface area contributed by atoms with Crippen molar-refractivity contribution in [1.29, 1.82) is 0 Å². The average molecular weight is 635 g/mol. The predicted molar refractivity (Wildman–Crippen MR) is 160 cm³/mol. The molecule has 1 atom stereocenters. The Morgan fingerprint density at radius 1 is 0.949 bits per heavy atom. The minimum atomic E-state index is -3.84. The molecule has 0 saturated heterocycles. The Kier molecular flexibility index (Phi) is 11.0. The summed E-state index contributed by atoms with van der Waals surface area (Å²) in [7, 11) is -3.84. The summed E-state index contributed by atoms with van der Waals surface area (Å²) in [5, 5.41) is 3.46. The molecule has 1 N–H and O–H groups in total. The molecule has 0 aromatic heterocycles. The van der Waals surface area contributed by atoms with Crippen molar-refractivity contribution >= 4 is 55.1 Å². The highest BCUT2D eigenvalue weighted by Gasteiger charge is 2.33. The number of carbonyl (C=O) groups excluding carboxylic acids is 2. The zero-order valence-electron chi connectivity index (χ0n) is 22.2. The van der Waals surface area contributed by atoms with E-state index in [-0.39, 0.29) is 24.8 Å². The molecule has 7 nitrogen and oxygen atoms in total. The summed E-state index contributed by atoms with van der Waals surface area (Å²) in [6.45, 7) is 4.01. The number of rotatable bonds is 12. The molecule has 0 radical (unpaired) electrons. The van der Waals surface area contributed by atoms with Crippen LogP contribution >= 0.6 is 27.5 Å². The van der Waals surface area contributed by atoms with Gasteiger partial charge in [-0.3, -0.25) is 13.9 Å². The van der Waals surface area contributed by atoms with Gasteiger partial charge in [0.2, 0.25) is 21.8 Å². The Hall–Kier alpha value is -2.88. The van der Waals surface area contributed by atoms with Gasteiger partial charge in [-0.2, -0.15) is 0 Å². The zero-order chi connectivity index (χ0) is 28.6. The van der Waals surface area contributed by atoms with Gasteiger partial charge < -0.3 is 10.2 Å². The minimum absolute atomic E-state index is 0.0690. The van der Waals surface area contributed by atoms with E-state index in [0.29, 0.717) is 21.7 Å². The standard InChI is InChI=1S/C29H33BrClN3O4S/c1-21(2)18-32-29(36)27(17-22-10-5-4-6-11-22)33(19-23-12-9-13-24(31)16-23)28(35)20-34(39(3,37)38)26-15-8-7-14-25(26)30/h4-16,21,27H,17-20H2,1-3H3,(H,32,36)/t27-/m0/s1. The average Bonchev–Trinajstić information content (AvgIpc) is 2.88. The summed E-state index contributed by atoms with van der Waals surface area (Å²) in [6, 6.07) is 22.4. The topological polar surface area (TPSA) is 86.8 Å². The minimum Gasteiger partial charge on any atom is -0.354 e. The SMILES string of the molecule is CC(C)CNC(=O)[C@H](Cc1ccccc1)N(Cc1cccc(Cl)c1)C(=O)CN(c1ccccc1Br)S(C)(=O)=O. The number of benzene rings is 3. The molecular formula is C29H33BrClN3O4S. The summed E-state index contributed by atoms with van der Waals surface area (Å²) < 4.78 is 27.3. The molecule has 3 rings (SSSR count). The predicted octanol–water partition coefficient (Wildman–Crippen LogP) is 5.28. The number of anilines is 1. The molecule has 10 heteroatoms. The second kappa shape index (κ2) is 14.0. The molecule has 2 amide bonds. The fraction of sp³-hybridized carbons (Fsp3) is 0.310. The molecule has 3 aromatic carbocycles. The molecule has 39 heavy (non-hydrogen) atoms. The fourth-order valence-corrected chi connectivity index (χ4v) is 5.75. The highest BCUT2D eigenvalue weighted by atomic mass is 79.9. The Balaban J connectivity index is 2.05. The van der Waals surface area contributed by atoms with Crippen molar-refractivity contribution in [3.63, 3.8) is 0 Å². The largest absolute Gasteiger partial charge is 0.354 e. The van der Waals surface area contributed by atoms with E-state index in [0.717, 1.165) is 21.7 Å². The highest BCUT2D eigenvalue weighted by molar-refractivity contribution is 9.10. The molecule has 0 fully saturated rings. The molecular weight excluding hydrogens is 602 g/mol. The van der Waals surface area contributed by atoms with Crippen LogP contribution in [0.2, 0.25) is 5.02 Å². The van der Waals surface area contributed by atoms with E-state index < -0.39 is 28.5 Å². The Labute approximate surface area is 244 Å². The third kappa shape index (κ3) is 9.08. The zero-order valence-corrected chi connectivity index (χ0v) is 25.3. The Morgan fingerprint density at radius 2 is 1.59 bits per heavy atom. The van der Waals surface area contributed by atoms with Gasteiger partial charge in [0, 0.05) is 29.0 Å². The van der Waals surface area contributed by atoms with Gasteiger partial charge in [0.05, 0.1) is 11.9 Å². The van der Waals surface area contributed by atoms with Gasteiger partial charge >= 0.3 is 0 Å². The van der Waals surface area contributed by atoms with Crippen molar-refractivity contribution in [3.8, 4) is 0 Å². The van der Waals surface area contributed by atoms with Crippen LogP contribution in [0.4, 0.5) is 5.69 Å². The van der Waals surface area contributed by atoms with Crippen LogP contribution in [0, 0.1) is 5.92 Å². The molecule has 0 aliphatic carbocycles. The Morgan fingerprint density at radius 3 is 2.21 bits per heavy atom. The second-order valence-corrected chi connectivity index (χ2v) is 12.9. The maximum Gasteiger partial charge on any atom is 0.244 e. The number of halogens is 2. The molecule has 0 unspecified atom stereocenters. The first kappa shape index (κ1) is 30.7. The lowest BCUT2D eigenvalue weighted by molar-refractivity contribution is -0.140. The number of carbonyl (C=O) groups is 2. The van der Waals surface area contributed by atoms with Crippen molar-refractivity contribution in [2.75, 3.05) is 23.7 Å². The number of para-hydroxylation sites is 1. The van der Waals surface area contributed by atoms with Crippen LogP contribution in [0.3, 0.4) is 0 Å². The Bertz CT molecular complexity index is 1390. The molecule has 208 valence electrons. The van der Waals surface area contributed by atoms with E-state index in [1.54, 1.807) is 42.5 Å². The second-order valence-electron chi connectivity index (χ2n) is 9.72. The molecule has 0 bridgehead atoms. The summed E-state index contributed by atoms with van der Waals surface area (Å²) in [4.78, 5) is 29.1. The maximum absolute atomic E-state index is 14.0. The van der Waals surface area contributed by atoms with Gasteiger partial charge in [-0.25, -0.2) is 8.42 Å². The molecule has 0 saturated carbocycles. The van der Waals surface area contributed by atoms with E-state index in [4.69, 9.17) is 11.6 Å². The van der Waals surface area contributed by atoms with Crippen LogP contribution in [-0.2, 0) is 32.6 Å². The first-order chi connectivity index (χ1) is 18.5. The number of nitrogens with one attached hydrogen (secondary N) is 1. The number of hydrogen-bond acceptors (Lipinski definition) is 4. The van der Waals surface area contributed by atoms with Gasteiger partial charge in [-0.15, -0.1) is 0 Å². The van der Waals surface area contributed by atoms with Gasteiger partial charge in [0.25, 0.3) is 0 Å². The molecule has 0 heterocycles. The number of amides is 2. The smallest absolute Gasteiger partial charge is 0.244 e. The van der Waals surface area contributed by atoms with Crippen LogP contribution in [0.1, 0.15) is 25.0 Å². The van der Waals surface area contributed by atoms with Crippen molar-refractivity contribution in [1.82, 2.24) is 10.2 Å². The monoisotopic (exact) mass is 633 g/mol. The van der Waals surface area contributed by atoms with Crippen LogP contribution in [0.5, 0.6) is 0 Å². The van der Waals surface area contributed by atoms with E-state index in [9.17, 15) is 18.0 Å². The molecule has 0 aliphatic rings. The first-order valence-electron chi connectivity index (χ1n) is 12.5. The molecule has 3 aromatic rings. The number of hydrogen-bond donors (Lipinski definition) is 1. The number of sulfonamides is 1. The lowest BCUT2D eigenvalue weighted by atomic mass is 10.0. The highest BCUT2D eigenvalue weighted by Crippen LogP contribution is 2.28. The van der Waals surface area contributed by atoms with Crippen molar-refractivity contribution in [3.05, 3.63) is 99.5 Å². The quantitative estimate of drug-likeness (QED) is 0.294.